The van der Waals surface area contributed by atoms with Crippen LogP contribution >= 0.6 is 34.0 Å². The molecule has 0 spiro atoms. The molecular weight excluding hydrogens is 1780 g/mol. The number of hydrogen-bond donors (Lipinski definition) is 0. The Morgan fingerprint density at radius 2 is 0.730 bits per heavy atom. The van der Waals surface area contributed by atoms with Gasteiger partial charge in [0.25, 0.3) is 0 Å². The van der Waals surface area contributed by atoms with Gasteiger partial charge in [0.1, 0.15) is 44.3 Å². The molecule has 18 aromatic carbocycles. The number of benzene rings is 18. The van der Waals surface area contributed by atoms with Crippen molar-refractivity contribution in [3.63, 3.8) is 0 Å². The summed E-state index contributed by atoms with van der Waals surface area (Å²) in [6.45, 7) is 12.3. The van der Waals surface area contributed by atoms with Gasteiger partial charge in [-0.3, -0.25) is 18.2 Å². The van der Waals surface area contributed by atoms with Crippen LogP contribution in [0.4, 0.5) is 5.69 Å². The van der Waals surface area contributed by atoms with Gasteiger partial charge in [-0.2, -0.15) is 0 Å². The first-order chi connectivity index (χ1) is 69.6. The number of thiazole rings is 3. The van der Waals surface area contributed by atoms with Gasteiger partial charge in [0, 0.05) is 89.0 Å². The first kappa shape index (κ1) is 80.3. The average molecular weight is 1860 g/mol. The fourth-order valence-corrected chi connectivity index (χ4v) is 25.1. The summed E-state index contributed by atoms with van der Waals surface area (Å²) in [5, 5.41) is 12.7. The quantitative estimate of drug-likeness (QED) is 0.138. The third kappa shape index (κ3) is 12.5. The summed E-state index contributed by atoms with van der Waals surface area (Å²) < 4.78 is 19.5. The van der Waals surface area contributed by atoms with Crippen LogP contribution in [0.2, 0.25) is 0 Å². The molecule has 0 bridgehead atoms. The van der Waals surface area contributed by atoms with Crippen LogP contribution in [0.3, 0.4) is 0 Å². The Hall–Kier alpha value is -18.0. The van der Waals surface area contributed by atoms with E-state index in [1.54, 1.807) is 34.0 Å². The zero-order valence-corrected chi connectivity index (χ0v) is 78.2. The highest BCUT2D eigenvalue weighted by Crippen LogP contribution is 2.53. The van der Waals surface area contributed by atoms with Crippen LogP contribution in [-0.2, 0) is 5.41 Å². The summed E-state index contributed by atoms with van der Waals surface area (Å²) in [6, 6.07) is 142. The normalized spacial score (nSPS) is 12.5. The predicted octanol–water partition coefficient (Wildman–Crippen LogP) is 34.0. The number of imidazole rings is 3. The summed E-state index contributed by atoms with van der Waals surface area (Å²) in [5.41, 5.74) is 38.5. The van der Waals surface area contributed by atoms with E-state index in [9.17, 15) is 0 Å². The van der Waals surface area contributed by atoms with Crippen molar-refractivity contribution in [1.29, 1.82) is 0 Å². The van der Waals surface area contributed by atoms with Gasteiger partial charge < -0.3 is 8.98 Å². The number of fused-ring (bicyclic) bond motifs is 34. The van der Waals surface area contributed by atoms with E-state index in [1.807, 2.05) is 48.8 Å². The van der Waals surface area contributed by atoms with Crippen molar-refractivity contribution in [2.45, 2.75) is 19.3 Å². The predicted molar refractivity (Wildman–Crippen MR) is 586 cm³/mol. The lowest BCUT2D eigenvalue weighted by molar-refractivity contribution is 0.661. The first-order valence-corrected chi connectivity index (χ1v) is 49.6. The van der Waals surface area contributed by atoms with E-state index >= 15 is 0 Å². The molecule has 30 aromatic rings. The Bertz CT molecular complexity index is 10600. The minimum absolute atomic E-state index is 0.115. The molecule has 0 fully saturated rings. The van der Waals surface area contributed by atoms with Gasteiger partial charge in [-0.25, -0.2) is 34.7 Å². The number of para-hydroxylation sites is 7. The fourth-order valence-electron chi connectivity index (χ4n) is 22.0. The molecule has 0 aliphatic heterocycles. The van der Waals surface area contributed by atoms with Gasteiger partial charge in [-0.05, 0) is 198 Å². The summed E-state index contributed by atoms with van der Waals surface area (Å²) in [7, 11) is 0. The maximum atomic E-state index is 7.60. The van der Waals surface area contributed by atoms with Crippen LogP contribution in [0, 0.1) is 6.57 Å². The molecule has 658 valence electrons. The molecule has 0 atom stereocenters. The second-order valence-electron chi connectivity index (χ2n) is 36.9. The number of aromatic nitrogens is 11. The van der Waals surface area contributed by atoms with Gasteiger partial charge >= 0.3 is 0 Å². The van der Waals surface area contributed by atoms with E-state index in [2.05, 4.69) is 405 Å². The molecule has 0 N–H and O–H groups in total. The van der Waals surface area contributed by atoms with Gasteiger partial charge in [-0.1, -0.05) is 333 Å². The maximum absolute atomic E-state index is 7.60. The molecule has 1 aliphatic rings. The highest BCUT2D eigenvalue weighted by Gasteiger charge is 2.37. The third-order valence-corrected chi connectivity index (χ3v) is 31.7. The fraction of sp³-hybridized carbons (Fsp3) is 0.0240. The highest BCUT2D eigenvalue weighted by atomic mass is 32.1. The van der Waals surface area contributed by atoms with Crippen LogP contribution in [0.25, 0.3) is 277 Å². The van der Waals surface area contributed by atoms with E-state index < -0.39 is 0 Å². The SMILES string of the molecule is CC1(C)c2cc(-c3ccc(-c4nc5ccccc5c5nc6sc7ccccc7n6c45)cc3)ccc2-c2ccc(-c3cccnc3)cc21.[C-]#[N+]c1ccc2c3cc(-c4ccc(-c5nc6ccccc6c6nc7sc8ccccc8n7c56)cc4)ccc3n(-c3ccccc3)c2c1.c1ccc2c(c1)ccc1oc3c(-c4ccc(-c5nc6ccccc6c6nc7sc8ccccc8n7c56)cc4)cc4ccccc4c3c12. The molecule has 1 aliphatic carbocycles. The Balaban J connectivity index is 0.000000101. The van der Waals surface area contributed by atoms with Gasteiger partial charge in [0.05, 0.1) is 76.4 Å². The molecule has 0 unspecified atom stereocenters. The number of furan rings is 1. The number of pyridine rings is 4. The summed E-state index contributed by atoms with van der Waals surface area (Å²) in [6.07, 6.45) is 3.76. The molecule has 12 heterocycles. The zero-order valence-electron chi connectivity index (χ0n) is 75.8. The molecule has 0 amide bonds. The van der Waals surface area contributed by atoms with Crippen molar-refractivity contribution in [2.75, 3.05) is 0 Å². The van der Waals surface area contributed by atoms with E-state index in [4.69, 9.17) is 40.9 Å². The molecule has 0 saturated heterocycles. The molecular formula is C125H74N12OS3. The van der Waals surface area contributed by atoms with E-state index in [1.165, 1.54) is 85.5 Å². The molecule has 13 nitrogen and oxygen atoms in total. The largest absolute Gasteiger partial charge is 0.455 e. The van der Waals surface area contributed by atoms with Crippen LogP contribution in [-0.4, -0.2) is 52.7 Å². The second-order valence-corrected chi connectivity index (χ2v) is 39.9. The lowest BCUT2D eigenvalue weighted by atomic mass is 9.81. The third-order valence-electron chi connectivity index (χ3n) is 28.7. The summed E-state index contributed by atoms with van der Waals surface area (Å²) >= 11 is 5.15. The molecule has 31 rings (SSSR count). The van der Waals surface area contributed by atoms with E-state index in [-0.39, 0.29) is 5.41 Å². The molecule has 0 radical (unpaired) electrons. The minimum Gasteiger partial charge on any atom is -0.455 e. The monoisotopic (exact) mass is 1850 g/mol. The Labute approximate surface area is 816 Å². The Morgan fingerprint density at radius 1 is 0.298 bits per heavy atom. The van der Waals surface area contributed by atoms with Crippen molar-refractivity contribution in [3.8, 4) is 95.1 Å². The standard InChI is InChI=1S/C42H28N4S.C42H23N3OS.C41H23N5S/c1-42(2)33-22-27(17-19-30(33)31-20-18-28(23-34(31)42)29-8-7-21-43-24-29)25-13-15-26(16-14-25)38-40-39(32-9-3-4-10-35(32)44-38)45-41-46(40)36-11-5-6-12-37(36)47-41;1-3-11-28-24(9-1)21-22-34-36(28)37-29-12-4-2-10-27(29)23-31(41(37)46-34)25-17-19-26(20-18-25)38-40-39(30-13-5-6-14-32(30)43-38)44-42-45(40)33-15-7-8-16-35(33)47-42;1-42-28-20-21-30-32-23-27(19-22-34(32)45(36(30)24-28)29-9-3-2-4-10-29)25-15-17-26(18-16-25)38-40-39(31-11-5-6-12-33(31)43-38)44-41-46(40)35-13-7-8-14-37(35)47-41/h3-24H,1-2H3;1-23H;2-24H. The van der Waals surface area contributed by atoms with Crippen molar-refractivity contribution in [3.05, 3.63) is 435 Å². The minimum atomic E-state index is -0.115. The van der Waals surface area contributed by atoms with Crippen molar-refractivity contribution in [2.24, 2.45) is 0 Å². The van der Waals surface area contributed by atoms with Gasteiger partial charge in [-0.15, -0.1) is 0 Å². The maximum Gasteiger partial charge on any atom is 0.195 e. The Kier molecular flexibility index (Phi) is 17.8. The number of nitrogens with zero attached hydrogens (tertiary/aromatic N) is 12. The zero-order chi connectivity index (χ0) is 93.0. The van der Waals surface area contributed by atoms with E-state index in [0.29, 0.717) is 5.69 Å². The highest BCUT2D eigenvalue weighted by molar-refractivity contribution is 7.24. The van der Waals surface area contributed by atoms with Crippen LogP contribution < -0.4 is 0 Å². The lowest BCUT2D eigenvalue weighted by Crippen LogP contribution is -2.15. The molecule has 0 saturated carbocycles. The molecule has 141 heavy (non-hydrogen) atoms. The molecule has 12 aromatic heterocycles. The molecule has 16 heteroatoms. The van der Waals surface area contributed by atoms with Crippen molar-refractivity contribution >= 4 is 216 Å². The van der Waals surface area contributed by atoms with Crippen molar-refractivity contribution < 1.29 is 4.42 Å². The second kappa shape index (κ2) is 31.3. The Morgan fingerprint density at radius 3 is 1.24 bits per heavy atom. The first-order valence-electron chi connectivity index (χ1n) is 47.1. The lowest BCUT2D eigenvalue weighted by Gasteiger charge is -2.22. The number of hydrogen-bond acceptors (Lipinski definition) is 11. The average Bonchev–Trinajstić information content (AvgIpc) is 1.61. The van der Waals surface area contributed by atoms with Crippen molar-refractivity contribution in [1.82, 2.24) is 52.7 Å². The number of rotatable bonds is 8. The topological polar surface area (TPSA) is 126 Å². The van der Waals surface area contributed by atoms with Gasteiger partial charge in [0.15, 0.2) is 20.6 Å². The van der Waals surface area contributed by atoms with E-state index in [0.717, 1.165) is 197 Å². The summed E-state index contributed by atoms with van der Waals surface area (Å²) in [4.78, 5) is 42.2. The van der Waals surface area contributed by atoms with Crippen LogP contribution in [0.1, 0.15) is 25.0 Å². The van der Waals surface area contributed by atoms with Gasteiger partial charge in [0.2, 0.25) is 0 Å². The van der Waals surface area contributed by atoms with Crippen LogP contribution in [0.5, 0.6) is 0 Å². The summed E-state index contributed by atoms with van der Waals surface area (Å²) in [5.74, 6) is 0. The smallest absolute Gasteiger partial charge is 0.195 e. The van der Waals surface area contributed by atoms with Crippen LogP contribution in [0.15, 0.2) is 417 Å².